The fourth-order valence-corrected chi connectivity index (χ4v) is 4.26. The van der Waals surface area contributed by atoms with E-state index < -0.39 is 0 Å². The lowest BCUT2D eigenvalue weighted by Gasteiger charge is -2.32. The highest BCUT2D eigenvalue weighted by Crippen LogP contribution is 2.24. The van der Waals surface area contributed by atoms with Gasteiger partial charge in [0.05, 0.1) is 17.4 Å². The van der Waals surface area contributed by atoms with E-state index in [-0.39, 0.29) is 5.91 Å². The maximum atomic E-state index is 12.7. The number of hydrogen-bond acceptors (Lipinski definition) is 2. The van der Waals surface area contributed by atoms with Crippen molar-refractivity contribution in [1.82, 2.24) is 14.5 Å². The molecule has 1 saturated heterocycles. The highest BCUT2D eigenvalue weighted by atomic mass is 79.9. The lowest BCUT2D eigenvalue weighted by Crippen LogP contribution is -2.39. The van der Waals surface area contributed by atoms with Crippen LogP contribution in [0.1, 0.15) is 34.3 Å². The summed E-state index contributed by atoms with van der Waals surface area (Å²) in [5.41, 5.74) is 5.63. The third kappa shape index (κ3) is 3.79. The van der Waals surface area contributed by atoms with Crippen molar-refractivity contribution in [2.45, 2.75) is 33.2 Å². The largest absolute Gasteiger partial charge is 0.339 e. The van der Waals surface area contributed by atoms with Gasteiger partial charge in [-0.3, -0.25) is 4.79 Å². The summed E-state index contributed by atoms with van der Waals surface area (Å²) in [4.78, 5) is 19.3. The predicted molar refractivity (Wildman–Crippen MR) is 112 cm³/mol. The van der Waals surface area contributed by atoms with Crippen LogP contribution in [0.25, 0.3) is 11.0 Å². The molecule has 5 heteroatoms. The Labute approximate surface area is 168 Å². The number of likely N-dealkylation sites (tertiary alicyclic amines) is 1. The van der Waals surface area contributed by atoms with Gasteiger partial charge in [-0.05, 0) is 74.1 Å². The lowest BCUT2D eigenvalue weighted by molar-refractivity contribution is 0.0683. The Hall–Kier alpha value is -2.14. The minimum Gasteiger partial charge on any atom is -0.339 e. The first-order valence-corrected chi connectivity index (χ1v) is 10.3. The summed E-state index contributed by atoms with van der Waals surface area (Å²) >= 11 is 3.45. The molecule has 0 spiro atoms. The van der Waals surface area contributed by atoms with Crippen molar-refractivity contribution < 1.29 is 4.79 Å². The molecular weight excluding hydrogens is 402 g/mol. The van der Waals surface area contributed by atoms with Crippen molar-refractivity contribution >= 4 is 32.9 Å². The van der Waals surface area contributed by atoms with E-state index in [4.69, 9.17) is 0 Å². The zero-order chi connectivity index (χ0) is 19.0. The summed E-state index contributed by atoms with van der Waals surface area (Å²) in [5, 5.41) is 0. The summed E-state index contributed by atoms with van der Waals surface area (Å²) in [7, 11) is 0. The van der Waals surface area contributed by atoms with Crippen molar-refractivity contribution in [1.29, 1.82) is 0 Å². The van der Waals surface area contributed by atoms with Crippen molar-refractivity contribution in [3.05, 3.63) is 63.9 Å². The van der Waals surface area contributed by atoms with Gasteiger partial charge in [0.15, 0.2) is 0 Å². The number of halogens is 1. The zero-order valence-electron chi connectivity index (χ0n) is 15.8. The molecule has 0 atom stereocenters. The van der Waals surface area contributed by atoms with Gasteiger partial charge in [-0.25, -0.2) is 4.98 Å². The molecule has 0 saturated carbocycles. The van der Waals surface area contributed by atoms with Crippen LogP contribution in [-0.2, 0) is 6.54 Å². The molecule has 1 amide bonds. The molecule has 0 bridgehead atoms. The van der Waals surface area contributed by atoms with Gasteiger partial charge in [-0.15, -0.1) is 0 Å². The van der Waals surface area contributed by atoms with Crippen LogP contribution in [0, 0.1) is 19.8 Å². The molecule has 4 nitrogen and oxygen atoms in total. The van der Waals surface area contributed by atoms with Gasteiger partial charge in [0, 0.05) is 29.7 Å². The van der Waals surface area contributed by atoms with E-state index in [1.807, 2.05) is 35.5 Å². The summed E-state index contributed by atoms with van der Waals surface area (Å²) in [5.74, 6) is 0.712. The zero-order valence-corrected chi connectivity index (χ0v) is 17.4. The van der Waals surface area contributed by atoms with Crippen molar-refractivity contribution in [2.24, 2.45) is 5.92 Å². The van der Waals surface area contributed by atoms with Crippen LogP contribution in [0.2, 0.25) is 0 Å². The van der Waals surface area contributed by atoms with Crippen LogP contribution in [0.5, 0.6) is 0 Å². The number of benzene rings is 2. The number of rotatable bonds is 3. The van der Waals surface area contributed by atoms with E-state index in [2.05, 4.69) is 51.5 Å². The molecule has 140 valence electrons. The second-order valence-electron chi connectivity index (χ2n) is 7.57. The van der Waals surface area contributed by atoms with Gasteiger partial charge in [0.1, 0.15) is 0 Å². The van der Waals surface area contributed by atoms with E-state index in [1.165, 1.54) is 16.6 Å². The monoisotopic (exact) mass is 425 g/mol. The molecule has 3 aromatic rings. The fourth-order valence-electron chi connectivity index (χ4n) is 3.86. The van der Waals surface area contributed by atoms with Gasteiger partial charge in [-0.1, -0.05) is 22.0 Å². The maximum absolute atomic E-state index is 12.7. The normalized spacial score (nSPS) is 15.4. The Bertz CT molecular complexity index is 986. The third-order valence-corrected chi connectivity index (χ3v) is 6.16. The Morgan fingerprint density at radius 2 is 1.89 bits per heavy atom. The first-order chi connectivity index (χ1) is 13.0. The minimum absolute atomic E-state index is 0.133. The molecule has 1 aromatic heterocycles. The number of aryl methyl sites for hydroxylation is 2. The Morgan fingerprint density at radius 1 is 1.15 bits per heavy atom. The van der Waals surface area contributed by atoms with Crippen molar-refractivity contribution in [3.8, 4) is 0 Å². The number of imidazole rings is 1. The van der Waals surface area contributed by atoms with Crippen LogP contribution in [-0.4, -0.2) is 33.4 Å². The number of carbonyl (C=O) groups excluding carboxylic acids is 1. The second kappa shape index (κ2) is 7.47. The van der Waals surface area contributed by atoms with Crippen LogP contribution in [0.3, 0.4) is 0 Å². The first kappa shape index (κ1) is 18.2. The summed E-state index contributed by atoms with van der Waals surface area (Å²) in [6, 6.07) is 12.1. The van der Waals surface area contributed by atoms with Crippen LogP contribution < -0.4 is 0 Å². The molecule has 0 radical (unpaired) electrons. The smallest absolute Gasteiger partial charge is 0.253 e. The maximum Gasteiger partial charge on any atom is 0.253 e. The summed E-state index contributed by atoms with van der Waals surface area (Å²) in [6.45, 7) is 6.89. The topological polar surface area (TPSA) is 38.1 Å². The SMILES string of the molecule is Cc1cc2ncn(CC3CCN(C(=O)c4cccc(Br)c4)CC3)c2cc1C. The Kier molecular flexibility index (Phi) is 5.04. The Balaban J connectivity index is 1.41. The molecule has 27 heavy (non-hydrogen) atoms. The molecule has 1 aliphatic heterocycles. The molecule has 2 heterocycles. The molecule has 0 unspecified atom stereocenters. The van der Waals surface area contributed by atoms with E-state index in [1.54, 1.807) is 0 Å². The average molecular weight is 426 g/mol. The Morgan fingerprint density at radius 3 is 2.63 bits per heavy atom. The quantitative estimate of drug-likeness (QED) is 0.593. The molecule has 2 aromatic carbocycles. The summed E-state index contributed by atoms with van der Waals surface area (Å²) < 4.78 is 3.22. The van der Waals surface area contributed by atoms with Crippen molar-refractivity contribution in [3.63, 3.8) is 0 Å². The molecule has 0 aliphatic carbocycles. The minimum atomic E-state index is 0.133. The average Bonchev–Trinajstić information content (AvgIpc) is 3.04. The predicted octanol–water partition coefficient (Wildman–Crippen LogP) is 4.97. The molecular formula is C22H24BrN3O. The number of piperidine rings is 1. The van der Waals surface area contributed by atoms with E-state index in [9.17, 15) is 4.79 Å². The lowest BCUT2D eigenvalue weighted by atomic mass is 9.96. The number of nitrogens with zero attached hydrogens (tertiary/aromatic N) is 3. The molecule has 4 rings (SSSR count). The fraction of sp³-hybridized carbons (Fsp3) is 0.364. The summed E-state index contributed by atoms with van der Waals surface area (Å²) in [6.07, 6.45) is 4.02. The van der Waals surface area contributed by atoms with E-state index in [0.29, 0.717) is 5.92 Å². The van der Waals surface area contributed by atoms with Crippen molar-refractivity contribution in [2.75, 3.05) is 13.1 Å². The number of aromatic nitrogens is 2. The van der Waals surface area contributed by atoms with Gasteiger partial charge in [0.2, 0.25) is 0 Å². The molecule has 1 fully saturated rings. The molecule has 1 aliphatic rings. The number of amides is 1. The van der Waals surface area contributed by atoms with Crippen LogP contribution >= 0.6 is 15.9 Å². The standard InChI is InChI=1S/C22H24BrN3O/c1-15-10-20-21(11-16(15)2)26(14-24-20)13-17-6-8-25(9-7-17)22(27)18-4-3-5-19(23)12-18/h3-5,10-12,14,17H,6-9,13H2,1-2H3. The highest BCUT2D eigenvalue weighted by molar-refractivity contribution is 9.10. The number of fused-ring (bicyclic) bond motifs is 1. The molecule has 0 N–H and O–H groups in total. The van der Waals surface area contributed by atoms with Crippen LogP contribution in [0.4, 0.5) is 0 Å². The van der Waals surface area contributed by atoms with Gasteiger partial charge >= 0.3 is 0 Å². The van der Waals surface area contributed by atoms with E-state index in [0.717, 1.165) is 48.0 Å². The first-order valence-electron chi connectivity index (χ1n) is 9.48. The van der Waals surface area contributed by atoms with Gasteiger partial charge in [0.25, 0.3) is 5.91 Å². The van der Waals surface area contributed by atoms with Gasteiger partial charge < -0.3 is 9.47 Å². The second-order valence-corrected chi connectivity index (χ2v) is 8.48. The van der Waals surface area contributed by atoms with Crippen LogP contribution in [0.15, 0.2) is 47.2 Å². The number of carbonyl (C=O) groups is 1. The number of hydrogen-bond donors (Lipinski definition) is 0. The van der Waals surface area contributed by atoms with E-state index >= 15 is 0 Å². The third-order valence-electron chi connectivity index (χ3n) is 5.66. The highest BCUT2D eigenvalue weighted by Gasteiger charge is 2.24. The van der Waals surface area contributed by atoms with Gasteiger partial charge in [-0.2, -0.15) is 0 Å².